The van der Waals surface area contributed by atoms with Crippen LogP contribution in [-0.2, 0) is 0 Å². The van der Waals surface area contributed by atoms with E-state index in [1.807, 2.05) is 6.92 Å². The lowest BCUT2D eigenvalue weighted by molar-refractivity contribution is 0.204. The molecule has 0 fully saturated rings. The molecule has 14 heavy (non-hydrogen) atoms. The van der Waals surface area contributed by atoms with Gasteiger partial charge >= 0.3 is 0 Å². The zero-order valence-corrected chi connectivity index (χ0v) is 9.45. The van der Waals surface area contributed by atoms with Crippen LogP contribution >= 0.6 is 15.9 Å². The number of hydrogen-bond acceptors (Lipinski definition) is 4. The lowest BCUT2D eigenvalue weighted by Gasteiger charge is -2.16. The second-order valence-corrected chi connectivity index (χ2v) is 3.76. The smallest absolute Gasteiger partial charge is 0.0723 e. The van der Waals surface area contributed by atoms with E-state index in [2.05, 4.69) is 26.2 Å². The molecule has 0 unspecified atom stereocenters. The predicted octanol–water partition coefficient (Wildman–Crippen LogP) is 0.918. The number of nitrogens with zero attached hydrogens (tertiary/aromatic N) is 1. The minimum Gasteiger partial charge on any atom is -0.394 e. The topological polar surface area (TPSA) is 65.4 Å². The van der Waals surface area contributed by atoms with Crippen LogP contribution in [-0.4, -0.2) is 34.5 Å². The molecule has 0 aliphatic heterocycles. The Labute approximate surface area is 91.1 Å². The molecule has 0 aliphatic carbocycles. The zero-order valence-electron chi connectivity index (χ0n) is 7.87. The molecule has 1 rings (SSSR count). The number of anilines is 1. The summed E-state index contributed by atoms with van der Waals surface area (Å²) in [4.78, 5) is 4.09. The minimum atomic E-state index is -0.340. The summed E-state index contributed by atoms with van der Waals surface area (Å²) in [7, 11) is 0. The summed E-state index contributed by atoms with van der Waals surface area (Å²) >= 11 is 3.38. The number of aromatic nitrogens is 1. The number of nitrogens with one attached hydrogen (secondary N) is 1. The highest BCUT2D eigenvalue weighted by molar-refractivity contribution is 9.10. The molecule has 0 radical (unpaired) electrons. The van der Waals surface area contributed by atoms with Crippen LogP contribution in [0.5, 0.6) is 0 Å². The Morgan fingerprint density at radius 2 is 2.14 bits per heavy atom. The van der Waals surface area contributed by atoms with E-state index >= 15 is 0 Å². The van der Waals surface area contributed by atoms with E-state index in [-0.39, 0.29) is 19.3 Å². The molecule has 1 heterocycles. The van der Waals surface area contributed by atoms with Gasteiger partial charge in [-0.15, -0.1) is 0 Å². The quantitative estimate of drug-likeness (QED) is 0.754. The largest absolute Gasteiger partial charge is 0.394 e. The van der Waals surface area contributed by atoms with Crippen LogP contribution in [0.25, 0.3) is 0 Å². The minimum absolute atomic E-state index is 0.107. The van der Waals surface area contributed by atoms with Crippen LogP contribution in [0.4, 0.5) is 5.69 Å². The van der Waals surface area contributed by atoms with E-state index in [4.69, 9.17) is 10.2 Å². The van der Waals surface area contributed by atoms with Crippen LogP contribution < -0.4 is 5.32 Å². The van der Waals surface area contributed by atoms with Crippen LogP contribution in [0.2, 0.25) is 0 Å². The molecule has 5 heteroatoms. The fourth-order valence-electron chi connectivity index (χ4n) is 1.03. The second kappa shape index (κ2) is 5.29. The van der Waals surface area contributed by atoms with Gasteiger partial charge in [-0.25, -0.2) is 0 Å². The molecule has 1 aromatic rings. The first kappa shape index (κ1) is 11.4. The first-order chi connectivity index (χ1) is 6.69. The summed E-state index contributed by atoms with van der Waals surface area (Å²) in [6.45, 7) is 1.66. The fraction of sp³-hybridized carbons (Fsp3) is 0.444. The number of aliphatic hydroxyl groups excluding tert-OH is 2. The van der Waals surface area contributed by atoms with E-state index in [0.29, 0.717) is 0 Å². The zero-order chi connectivity index (χ0) is 10.6. The Balaban J connectivity index is 2.80. The molecule has 0 saturated carbocycles. The van der Waals surface area contributed by atoms with Crippen LogP contribution in [0.1, 0.15) is 5.69 Å². The maximum Gasteiger partial charge on any atom is 0.0723 e. The molecule has 1 aromatic heterocycles. The van der Waals surface area contributed by atoms with Gasteiger partial charge in [-0.3, -0.25) is 4.98 Å². The molecular weight excluding hydrogens is 248 g/mol. The Kier molecular flexibility index (Phi) is 4.31. The summed E-state index contributed by atoms with van der Waals surface area (Å²) in [5, 5.41) is 20.8. The molecule has 0 atom stereocenters. The Hall–Kier alpha value is -0.650. The van der Waals surface area contributed by atoms with Crippen molar-refractivity contribution in [2.24, 2.45) is 0 Å². The Morgan fingerprint density at radius 3 is 2.71 bits per heavy atom. The van der Waals surface area contributed by atoms with E-state index in [1.54, 1.807) is 12.3 Å². The van der Waals surface area contributed by atoms with Gasteiger partial charge < -0.3 is 15.5 Å². The van der Waals surface area contributed by atoms with Gasteiger partial charge in [0.15, 0.2) is 0 Å². The fourth-order valence-corrected chi connectivity index (χ4v) is 1.38. The van der Waals surface area contributed by atoms with Gasteiger partial charge in [0, 0.05) is 6.20 Å². The summed E-state index contributed by atoms with van der Waals surface area (Å²) in [5.74, 6) is 0. The highest BCUT2D eigenvalue weighted by Gasteiger charge is 2.08. The van der Waals surface area contributed by atoms with Crippen LogP contribution in [0, 0.1) is 6.92 Å². The highest BCUT2D eigenvalue weighted by Crippen LogP contribution is 2.24. The average molecular weight is 261 g/mol. The maximum absolute atomic E-state index is 8.89. The molecule has 4 nitrogen and oxygen atoms in total. The Bertz CT molecular complexity index is 303. The van der Waals surface area contributed by atoms with Gasteiger partial charge in [-0.2, -0.15) is 0 Å². The molecule has 0 bridgehead atoms. The third-order valence-corrected chi connectivity index (χ3v) is 2.86. The number of halogens is 1. The monoisotopic (exact) mass is 260 g/mol. The van der Waals surface area contributed by atoms with Crippen molar-refractivity contribution in [2.45, 2.75) is 13.0 Å². The van der Waals surface area contributed by atoms with Crippen molar-refractivity contribution in [2.75, 3.05) is 18.5 Å². The molecule has 3 N–H and O–H groups in total. The molecule has 0 aliphatic rings. The summed E-state index contributed by atoms with van der Waals surface area (Å²) in [5.41, 5.74) is 1.69. The van der Waals surface area contributed by atoms with Gasteiger partial charge in [0.05, 0.1) is 35.1 Å². The van der Waals surface area contributed by atoms with E-state index in [1.165, 1.54) is 0 Å². The number of pyridine rings is 1. The van der Waals surface area contributed by atoms with Crippen molar-refractivity contribution in [3.8, 4) is 0 Å². The lowest BCUT2D eigenvalue weighted by Crippen LogP contribution is -2.27. The molecule has 78 valence electrons. The van der Waals surface area contributed by atoms with E-state index in [9.17, 15) is 0 Å². The van der Waals surface area contributed by atoms with Crippen molar-refractivity contribution in [3.63, 3.8) is 0 Å². The van der Waals surface area contributed by atoms with E-state index < -0.39 is 0 Å². The van der Waals surface area contributed by atoms with Gasteiger partial charge in [-0.05, 0) is 28.9 Å². The first-order valence-corrected chi connectivity index (χ1v) is 5.07. The molecule has 0 spiro atoms. The molecular formula is C9H13BrN2O2. The average Bonchev–Trinajstić information content (AvgIpc) is 2.20. The van der Waals surface area contributed by atoms with Crippen molar-refractivity contribution in [3.05, 3.63) is 22.4 Å². The van der Waals surface area contributed by atoms with E-state index in [0.717, 1.165) is 15.9 Å². The number of aryl methyl sites for hydroxylation is 1. The van der Waals surface area contributed by atoms with Crippen molar-refractivity contribution >= 4 is 21.6 Å². The SMILES string of the molecule is Cc1nccc(NC(CO)CO)c1Br. The molecule has 0 saturated heterocycles. The van der Waals surface area contributed by atoms with Crippen molar-refractivity contribution < 1.29 is 10.2 Å². The van der Waals surface area contributed by atoms with Crippen molar-refractivity contribution in [1.29, 1.82) is 0 Å². The highest BCUT2D eigenvalue weighted by atomic mass is 79.9. The number of aliphatic hydroxyl groups is 2. The number of rotatable bonds is 4. The maximum atomic E-state index is 8.89. The predicted molar refractivity (Wildman–Crippen MR) is 58.3 cm³/mol. The van der Waals surface area contributed by atoms with Gasteiger partial charge in [-0.1, -0.05) is 0 Å². The van der Waals surface area contributed by atoms with Gasteiger partial charge in [0.2, 0.25) is 0 Å². The first-order valence-electron chi connectivity index (χ1n) is 4.28. The van der Waals surface area contributed by atoms with Crippen LogP contribution in [0.15, 0.2) is 16.7 Å². The second-order valence-electron chi connectivity index (χ2n) is 2.96. The summed E-state index contributed by atoms with van der Waals surface area (Å²) < 4.78 is 0.854. The third kappa shape index (κ3) is 2.67. The third-order valence-electron chi connectivity index (χ3n) is 1.86. The summed E-state index contributed by atoms with van der Waals surface area (Å²) in [6.07, 6.45) is 1.67. The summed E-state index contributed by atoms with van der Waals surface area (Å²) in [6, 6.07) is 1.45. The van der Waals surface area contributed by atoms with Crippen molar-refractivity contribution in [1.82, 2.24) is 4.98 Å². The number of hydrogen-bond donors (Lipinski definition) is 3. The lowest BCUT2D eigenvalue weighted by atomic mass is 10.3. The molecule has 0 aromatic carbocycles. The van der Waals surface area contributed by atoms with Gasteiger partial charge in [0.25, 0.3) is 0 Å². The standard InChI is InChI=1S/C9H13BrN2O2/c1-6-9(10)8(2-3-11-6)12-7(4-13)5-14/h2-3,7,13-14H,4-5H2,1H3,(H,11,12). The molecule has 0 amide bonds. The van der Waals surface area contributed by atoms with Gasteiger partial charge in [0.1, 0.15) is 0 Å². The Morgan fingerprint density at radius 1 is 1.50 bits per heavy atom. The normalized spacial score (nSPS) is 10.6. The van der Waals surface area contributed by atoms with Crippen LogP contribution in [0.3, 0.4) is 0 Å².